The van der Waals surface area contributed by atoms with Crippen LogP contribution in [-0.2, 0) is 22.4 Å². The highest BCUT2D eigenvalue weighted by Gasteiger charge is 2.36. The molecule has 0 aliphatic carbocycles. The lowest BCUT2D eigenvalue weighted by molar-refractivity contribution is -0.125. The second-order valence-corrected chi connectivity index (χ2v) is 6.12. The van der Waals surface area contributed by atoms with Crippen LogP contribution in [0.2, 0.25) is 0 Å². The quantitative estimate of drug-likeness (QED) is 0.861. The molecule has 0 saturated heterocycles. The minimum atomic E-state index is -0.434. The number of nitrogens with one attached hydrogen (secondary N) is 1. The van der Waals surface area contributed by atoms with E-state index in [1.165, 1.54) is 12.5 Å². The number of para-hydroxylation sites is 1. The minimum absolute atomic E-state index is 0.0746. The Labute approximate surface area is 142 Å². The molecule has 0 aromatic heterocycles. The summed E-state index contributed by atoms with van der Waals surface area (Å²) >= 11 is 0. The number of hydrogen-bond donors (Lipinski definition) is 1. The zero-order valence-electron chi connectivity index (χ0n) is 13.9. The highest BCUT2D eigenvalue weighted by molar-refractivity contribution is 6.02. The molecule has 4 heteroatoms. The van der Waals surface area contributed by atoms with Gasteiger partial charge in [-0.05, 0) is 30.0 Å². The van der Waals surface area contributed by atoms with Gasteiger partial charge in [0.2, 0.25) is 11.8 Å². The number of carbonyl (C=O) groups is 2. The first-order valence-electron chi connectivity index (χ1n) is 8.36. The van der Waals surface area contributed by atoms with Gasteiger partial charge in [0.15, 0.2) is 0 Å². The van der Waals surface area contributed by atoms with E-state index in [0.717, 1.165) is 24.1 Å². The molecule has 1 N–H and O–H groups in total. The van der Waals surface area contributed by atoms with Crippen LogP contribution in [0.5, 0.6) is 0 Å². The van der Waals surface area contributed by atoms with Gasteiger partial charge in [0.25, 0.3) is 0 Å². The van der Waals surface area contributed by atoms with Crippen LogP contribution >= 0.6 is 0 Å². The maximum Gasteiger partial charge on any atom is 0.243 e. The van der Waals surface area contributed by atoms with Crippen LogP contribution in [0.3, 0.4) is 0 Å². The number of nitrogens with zero attached hydrogens (tertiary/aromatic N) is 1. The summed E-state index contributed by atoms with van der Waals surface area (Å²) in [7, 11) is 0. The van der Waals surface area contributed by atoms with Gasteiger partial charge < -0.3 is 5.32 Å². The molecule has 124 valence electrons. The second-order valence-electron chi connectivity index (χ2n) is 6.12. The number of fused-ring (bicyclic) bond motifs is 1. The SMILES string of the molecule is CC(=O)N1c2ccccc2C[C@@H]1C(=O)NCCCc1ccccc1. The second kappa shape index (κ2) is 7.30. The van der Waals surface area contributed by atoms with Crippen molar-refractivity contribution in [2.45, 2.75) is 32.2 Å². The lowest BCUT2D eigenvalue weighted by Crippen LogP contribution is -2.47. The van der Waals surface area contributed by atoms with E-state index in [0.29, 0.717) is 13.0 Å². The number of rotatable bonds is 5. The average Bonchev–Trinajstić information content (AvgIpc) is 2.99. The van der Waals surface area contributed by atoms with Gasteiger partial charge in [-0.25, -0.2) is 0 Å². The van der Waals surface area contributed by atoms with E-state index in [1.54, 1.807) is 4.90 Å². The predicted octanol–water partition coefficient (Wildman–Crippen LogP) is 2.71. The molecule has 1 heterocycles. The summed E-state index contributed by atoms with van der Waals surface area (Å²) in [6, 6.07) is 17.5. The van der Waals surface area contributed by atoms with Crippen LogP contribution < -0.4 is 10.2 Å². The van der Waals surface area contributed by atoms with Crippen molar-refractivity contribution in [3.8, 4) is 0 Å². The van der Waals surface area contributed by atoms with E-state index >= 15 is 0 Å². The van der Waals surface area contributed by atoms with Crippen molar-refractivity contribution >= 4 is 17.5 Å². The molecular formula is C20H22N2O2. The molecule has 1 aliphatic heterocycles. The smallest absolute Gasteiger partial charge is 0.243 e. The van der Waals surface area contributed by atoms with Gasteiger partial charge in [-0.2, -0.15) is 0 Å². The molecule has 24 heavy (non-hydrogen) atoms. The van der Waals surface area contributed by atoms with Crippen molar-refractivity contribution in [1.82, 2.24) is 5.32 Å². The molecular weight excluding hydrogens is 300 g/mol. The van der Waals surface area contributed by atoms with E-state index in [2.05, 4.69) is 17.4 Å². The molecule has 0 bridgehead atoms. The third-order valence-electron chi connectivity index (χ3n) is 4.40. The number of amides is 2. The van der Waals surface area contributed by atoms with E-state index < -0.39 is 6.04 Å². The Morgan fingerprint density at radius 3 is 2.54 bits per heavy atom. The summed E-state index contributed by atoms with van der Waals surface area (Å²) in [5, 5.41) is 2.98. The third kappa shape index (κ3) is 3.48. The van der Waals surface area contributed by atoms with Gasteiger partial charge in [-0.1, -0.05) is 48.5 Å². The van der Waals surface area contributed by atoms with Crippen molar-refractivity contribution in [1.29, 1.82) is 0 Å². The lowest BCUT2D eigenvalue weighted by Gasteiger charge is -2.23. The van der Waals surface area contributed by atoms with E-state index in [4.69, 9.17) is 0 Å². The van der Waals surface area contributed by atoms with Crippen LogP contribution in [-0.4, -0.2) is 24.4 Å². The number of benzene rings is 2. The average molecular weight is 322 g/mol. The van der Waals surface area contributed by atoms with E-state index in [9.17, 15) is 9.59 Å². The zero-order valence-corrected chi connectivity index (χ0v) is 13.9. The molecule has 4 nitrogen and oxygen atoms in total. The highest BCUT2D eigenvalue weighted by atomic mass is 16.2. The standard InChI is InChI=1S/C20H22N2O2/c1-15(23)22-18-12-6-5-11-17(18)14-19(22)20(24)21-13-7-10-16-8-3-2-4-9-16/h2-6,8-9,11-12,19H,7,10,13-14H2,1H3,(H,21,24)/t19-/m1/s1. The van der Waals surface area contributed by atoms with Crippen molar-refractivity contribution in [2.75, 3.05) is 11.4 Å². The first kappa shape index (κ1) is 16.2. The molecule has 0 spiro atoms. The fourth-order valence-electron chi connectivity index (χ4n) is 3.25. The Balaban J connectivity index is 1.56. The zero-order chi connectivity index (χ0) is 16.9. The van der Waals surface area contributed by atoms with Crippen LogP contribution in [0.4, 0.5) is 5.69 Å². The molecule has 2 aromatic rings. The topological polar surface area (TPSA) is 49.4 Å². The summed E-state index contributed by atoms with van der Waals surface area (Å²) in [4.78, 5) is 26.1. The van der Waals surface area contributed by atoms with Crippen molar-refractivity contribution < 1.29 is 9.59 Å². The van der Waals surface area contributed by atoms with Crippen molar-refractivity contribution in [3.05, 3.63) is 65.7 Å². The van der Waals surface area contributed by atoms with Gasteiger partial charge in [0, 0.05) is 25.6 Å². The summed E-state index contributed by atoms with van der Waals surface area (Å²) in [6.45, 7) is 2.13. The number of hydrogen-bond acceptors (Lipinski definition) is 2. The third-order valence-corrected chi connectivity index (χ3v) is 4.40. The first-order valence-corrected chi connectivity index (χ1v) is 8.36. The molecule has 0 radical (unpaired) electrons. The fraction of sp³-hybridized carbons (Fsp3) is 0.300. The maximum atomic E-state index is 12.5. The number of carbonyl (C=O) groups excluding carboxylic acids is 2. The molecule has 0 fully saturated rings. The molecule has 1 atom stereocenters. The van der Waals surface area contributed by atoms with Crippen LogP contribution in [0.25, 0.3) is 0 Å². The number of anilines is 1. The fourth-order valence-corrected chi connectivity index (χ4v) is 3.25. The first-order chi connectivity index (χ1) is 11.7. The summed E-state index contributed by atoms with van der Waals surface area (Å²) in [5.41, 5.74) is 3.18. The summed E-state index contributed by atoms with van der Waals surface area (Å²) in [6.07, 6.45) is 2.40. The Kier molecular flexibility index (Phi) is 4.94. The lowest BCUT2D eigenvalue weighted by atomic mass is 10.1. The molecule has 0 unspecified atom stereocenters. The van der Waals surface area contributed by atoms with Gasteiger partial charge in [-0.15, -0.1) is 0 Å². The van der Waals surface area contributed by atoms with E-state index in [1.807, 2.05) is 42.5 Å². The largest absolute Gasteiger partial charge is 0.354 e. The van der Waals surface area contributed by atoms with Gasteiger partial charge in [0.1, 0.15) is 6.04 Å². The van der Waals surface area contributed by atoms with Crippen LogP contribution in [0.1, 0.15) is 24.5 Å². The number of aryl methyl sites for hydroxylation is 1. The Morgan fingerprint density at radius 1 is 1.08 bits per heavy atom. The minimum Gasteiger partial charge on any atom is -0.354 e. The van der Waals surface area contributed by atoms with Crippen molar-refractivity contribution in [3.63, 3.8) is 0 Å². The Bertz CT molecular complexity index is 727. The molecule has 3 rings (SSSR count). The van der Waals surface area contributed by atoms with E-state index in [-0.39, 0.29) is 11.8 Å². The maximum absolute atomic E-state index is 12.5. The van der Waals surface area contributed by atoms with Gasteiger partial charge in [0.05, 0.1) is 0 Å². The Hall–Kier alpha value is -2.62. The van der Waals surface area contributed by atoms with Crippen LogP contribution in [0, 0.1) is 0 Å². The predicted molar refractivity (Wildman–Crippen MR) is 94.9 cm³/mol. The molecule has 2 aromatic carbocycles. The van der Waals surface area contributed by atoms with Gasteiger partial charge in [-0.3, -0.25) is 14.5 Å². The highest BCUT2D eigenvalue weighted by Crippen LogP contribution is 2.32. The van der Waals surface area contributed by atoms with Crippen LogP contribution in [0.15, 0.2) is 54.6 Å². The molecule has 1 aliphatic rings. The summed E-state index contributed by atoms with van der Waals surface area (Å²) in [5.74, 6) is -0.168. The van der Waals surface area contributed by atoms with Gasteiger partial charge >= 0.3 is 0 Å². The molecule has 2 amide bonds. The monoisotopic (exact) mass is 322 g/mol. The van der Waals surface area contributed by atoms with Crippen molar-refractivity contribution in [2.24, 2.45) is 0 Å². The molecule has 0 saturated carbocycles. The Morgan fingerprint density at radius 2 is 1.79 bits per heavy atom. The summed E-state index contributed by atoms with van der Waals surface area (Å²) < 4.78 is 0. The normalized spacial score (nSPS) is 15.9.